The van der Waals surface area contributed by atoms with Gasteiger partial charge >= 0.3 is 12.0 Å². The van der Waals surface area contributed by atoms with E-state index in [2.05, 4.69) is 15.4 Å². The molecule has 0 spiro atoms. The van der Waals surface area contributed by atoms with Crippen LogP contribution in [0.5, 0.6) is 11.5 Å². The summed E-state index contributed by atoms with van der Waals surface area (Å²) in [4.78, 5) is 22.8. The number of carbonyl (C=O) groups is 2. The number of nitrogens with one attached hydrogen (secondary N) is 2. The first-order valence-corrected chi connectivity index (χ1v) is 8.62. The number of ether oxygens (including phenoxy) is 2. The van der Waals surface area contributed by atoms with E-state index in [-0.39, 0.29) is 12.0 Å². The Bertz CT molecular complexity index is 687. The molecular weight excluding hydrogens is 332 g/mol. The number of hydrogen-bond acceptors (Lipinski definition) is 4. The molecule has 0 bridgehead atoms. The molecule has 0 radical (unpaired) electrons. The highest BCUT2D eigenvalue weighted by atomic mass is 16.5. The highest BCUT2D eigenvalue weighted by molar-refractivity contribution is 5.89. The highest BCUT2D eigenvalue weighted by Gasteiger charge is 2.03. The Morgan fingerprint density at radius 1 is 0.885 bits per heavy atom. The minimum absolute atomic E-state index is 0.199. The monoisotopic (exact) mass is 356 g/mol. The molecule has 2 amide bonds. The van der Waals surface area contributed by atoms with Crippen molar-refractivity contribution >= 4 is 17.7 Å². The standard InChI is InChI=1S/C20H24N2O4/c1-25-19(23)10-6-3-7-15-21-20(24)22-16-11-13-18(14-12-16)26-17-8-4-2-5-9-17/h2,4-5,8-9,11-14H,3,6-7,10,15H2,1H3,(H2,21,22,24). The molecule has 0 fully saturated rings. The maximum atomic E-state index is 11.8. The minimum atomic E-state index is -0.255. The zero-order chi connectivity index (χ0) is 18.6. The smallest absolute Gasteiger partial charge is 0.319 e. The summed E-state index contributed by atoms with van der Waals surface area (Å²) in [6, 6.07) is 16.4. The molecule has 0 aliphatic rings. The Labute approximate surface area is 153 Å². The lowest BCUT2D eigenvalue weighted by atomic mass is 10.2. The molecule has 2 rings (SSSR count). The molecule has 0 atom stereocenters. The van der Waals surface area contributed by atoms with Crippen LogP contribution in [0, 0.1) is 0 Å². The van der Waals surface area contributed by atoms with Gasteiger partial charge in [-0.3, -0.25) is 4.79 Å². The van der Waals surface area contributed by atoms with Gasteiger partial charge in [0.1, 0.15) is 11.5 Å². The van der Waals surface area contributed by atoms with Gasteiger partial charge in [0.05, 0.1) is 7.11 Å². The van der Waals surface area contributed by atoms with Gasteiger partial charge in [0.25, 0.3) is 0 Å². The van der Waals surface area contributed by atoms with Crippen molar-refractivity contribution in [3.63, 3.8) is 0 Å². The van der Waals surface area contributed by atoms with Crippen molar-refractivity contribution < 1.29 is 19.1 Å². The summed E-state index contributed by atoms with van der Waals surface area (Å²) in [5.74, 6) is 1.27. The first-order chi connectivity index (χ1) is 12.7. The van der Waals surface area contributed by atoms with Crippen LogP contribution >= 0.6 is 0 Å². The summed E-state index contributed by atoms with van der Waals surface area (Å²) in [6.07, 6.45) is 2.86. The van der Waals surface area contributed by atoms with Gasteiger partial charge in [0, 0.05) is 18.7 Å². The third-order valence-corrected chi connectivity index (χ3v) is 3.66. The molecule has 0 aromatic heterocycles. The van der Waals surface area contributed by atoms with Crippen LogP contribution in [0.25, 0.3) is 0 Å². The number of urea groups is 1. The van der Waals surface area contributed by atoms with Crippen molar-refractivity contribution in [2.24, 2.45) is 0 Å². The number of para-hydroxylation sites is 1. The lowest BCUT2D eigenvalue weighted by Gasteiger charge is -2.09. The van der Waals surface area contributed by atoms with Crippen molar-refractivity contribution in [3.8, 4) is 11.5 Å². The van der Waals surface area contributed by atoms with E-state index in [1.807, 2.05) is 30.3 Å². The number of rotatable bonds is 9. The van der Waals surface area contributed by atoms with Gasteiger partial charge in [-0.15, -0.1) is 0 Å². The van der Waals surface area contributed by atoms with Crippen LogP contribution in [0.2, 0.25) is 0 Å². The number of amides is 2. The second kappa shape index (κ2) is 10.8. The minimum Gasteiger partial charge on any atom is -0.469 e. The summed E-state index contributed by atoms with van der Waals surface area (Å²) >= 11 is 0. The summed E-state index contributed by atoms with van der Waals surface area (Å²) in [5, 5.41) is 5.56. The summed E-state index contributed by atoms with van der Waals surface area (Å²) in [6.45, 7) is 0.558. The number of hydrogen-bond donors (Lipinski definition) is 2. The molecule has 0 saturated carbocycles. The largest absolute Gasteiger partial charge is 0.469 e. The molecule has 6 nitrogen and oxygen atoms in total. The maximum Gasteiger partial charge on any atom is 0.319 e. The first kappa shape index (κ1) is 19.3. The second-order valence-electron chi connectivity index (χ2n) is 5.71. The lowest BCUT2D eigenvalue weighted by molar-refractivity contribution is -0.140. The van der Waals surface area contributed by atoms with E-state index in [0.717, 1.165) is 25.0 Å². The topological polar surface area (TPSA) is 76.7 Å². The summed E-state index contributed by atoms with van der Waals surface area (Å²) in [7, 11) is 1.38. The third-order valence-electron chi connectivity index (χ3n) is 3.66. The average Bonchev–Trinajstić information content (AvgIpc) is 2.66. The zero-order valence-corrected chi connectivity index (χ0v) is 14.9. The van der Waals surface area contributed by atoms with Crippen molar-refractivity contribution in [2.75, 3.05) is 19.0 Å². The Kier molecular flexibility index (Phi) is 7.99. The van der Waals surface area contributed by atoms with E-state index in [9.17, 15) is 9.59 Å². The molecule has 138 valence electrons. The van der Waals surface area contributed by atoms with Gasteiger partial charge < -0.3 is 20.1 Å². The fourth-order valence-electron chi connectivity index (χ4n) is 2.28. The quantitative estimate of drug-likeness (QED) is 0.518. The van der Waals surface area contributed by atoms with E-state index < -0.39 is 0 Å². The van der Waals surface area contributed by atoms with Gasteiger partial charge in [-0.05, 0) is 49.2 Å². The molecule has 0 heterocycles. The molecule has 2 aromatic carbocycles. The molecular formula is C20H24N2O4. The van der Waals surface area contributed by atoms with Gasteiger partial charge in [-0.1, -0.05) is 24.6 Å². The number of esters is 1. The number of carbonyl (C=O) groups excluding carboxylic acids is 2. The molecule has 0 aliphatic carbocycles. The van der Waals surface area contributed by atoms with Crippen molar-refractivity contribution in [3.05, 3.63) is 54.6 Å². The fourth-order valence-corrected chi connectivity index (χ4v) is 2.28. The van der Waals surface area contributed by atoms with E-state index in [4.69, 9.17) is 4.74 Å². The van der Waals surface area contributed by atoms with E-state index in [1.165, 1.54) is 7.11 Å². The first-order valence-electron chi connectivity index (χ1n) is 8.62. The van der Waals surface area contributed by atoms with Crippen LogP contribution in [0.3, 0.4) is 0 Å². The molecule has 2 N–H and O–H groups in total. The molecule has 26 heavy (non-hydrogen) atoms. The molecule has 0 aliphatic heterocycles. The van der Waals surface area contributed by atoms with Crippen molar-refractivity contribution in [1.82, 2.24) is 5.32 Å². The van der Waals surface area contributed by atoms with Crippen LogP contribution in [-0.2, 0) is 9.53 Å². The van der Waals surface area contributed by atoms with Gasteiger partial charge in [-0.25, -0.2) is 4.79 Å². The Morgan fingerprint density at radius 2 is 1.58 bits per heavy atom. The number of benzene rings is 2. The molecule has 0 unspecified atom stereocenters. The van der Waals surface area contributed by atoms with Crippen LogP contribution in [0.1, 0.15) is 25.7 Å². The maximum absolute atomic E-state index is 11.8. The van der Waals surface area contributed by atoms with Crippen LogP contribution in [-0.4, -0.2) is 25.7 Å². The predicted molar refractivity (Wildman–Crippen MR) is 100 cm³/mol. The third kappa shape index (κ3) is 7.25. The van der Waals surface area contributed by atoms with E-state index in [0.29, 0.717) is 24.4 Å². The average molecular weight is 356 g/mol. The normalized spacial score (nSPS) is 10.0. The highest BCUT2D eigenvalue weighted by Crippen LogP contribution is 2.22. The second-order valence-corrected chi connectivity index (χ2v) is 5.71. The summed E-state index contributed by atoms with van der Waals surface area (Å²) < 4.78 is 10.3. The fraction of sp³-hybridized carbons (Fsp3) is 0.300. The Balaban J connectivity index is 1.65. The van der Waals surface area contributed by atoms with Crippen LogP contribution < -0.4 is 15.4 Å². The van der Waals surface area contributed by atoms with Gasteiger partial charge in [0.15, 0.2) is 0 Å². The SMILES string of the molecule is COC(=O)CCCCCNC(=O)Nc1ccc(Oc2ccccc2)cc1. The molecule has 2 aromatic rings. The van der Waals surface area contributed by atoms with Crippen molar-refractivity contribution in [1.29, 1.82) is 0 Å². The number of methoxy groups -OCH3 is 1. The predicted octanol–water partition coefficient (Wildman–Crippen LogP) is 4.33. The number of unbranched alkanes of at least 4 members (excludes halogenated alkanes) is 2. The van der Waals surface area contributed by atoms with E-state index >= 15 is 0 Å². The van der Waals surface area contributed by atoms with Crippen LogP contribution in [0.4, 0.5) is 10.5 Å². The Morgan fingerprint density at radius 3 is 2.27 bits per heavy atom. The van der Waals surface area contributed by atoms with Gasteiger partial charge in [0.2, 0.25) is 0 Å². The number of anilines is 1. The summed E-state index contributed by atoms with van der Waals surface area (Å²) in [5.41, 5.74) is 0.689. The zero-order valence-electron chi connectivity index (χ0n) is 14.9. The Hall–Kier alpha value is -3.02. The molecule has 6 heteroatoms. The van der Waals surface area contributed by atoms with Crippen molar-refractivity contribution in [2.45, 2.75) is 25.7 Å². The lowest BCUT2D eigenvalue weighted by Crippen LogP contribution is -2.29. The molecule has 0 saturated heterocycles. The van der Waals surface area contributed by atoms with Gasteiger partial charge in [-0.2, -0.15) is 0 Å². The van der Waals surface area contributed by atoms with Crippen LogP contribution in [0.15, 0.2) is 54.6 Å². The van der Waals surface area contributed by atoms with E-state index in [1.54, 1.807) is 24.3 Å².